The van der Waals surface area contributed by atoms with E-state index in [1.165, 1.54) is 10.1 Å². The summed E-state index contributed by atoms with van der Waals surface area (Å²) in [5.74, 6) is 1.64. The van der Waals surface area contributed by atoms with E-state index in [0.717, 1.165) is 36.5 Å². The lowest BCUT2D eigenvalue weighted by Gasteiger charge is -2.33. The van der Waals surface area contributed by atoms with E-state index < -0.39 is 0 Å². The molecule has 0 radical (unpaired) electrons. The highest BCUT2D eigenvalue weighted by Gasteiger charge is 2.28. The van der Waals surface area contributed by atoms with Gasteiger partial charge in [0.1, 0.15) is 11.6 Å². The molecule has 4 rings (SSSR count). The summed E-state index contributed by atoms with van der Waals surface area (Å²) in [7, 11) is 1.62. The predicted molar refractivity (Wildman–Crippen MR) is 111 cm³/mol. The molecule has 0 spiro atoms. The average Bonchev–Trinajstić information content (AvgIpc) is 3.17. The molecule has 1 unspecified atom stereocenters. The minimum absolute atomic E-state index is 0.0427. The van der Waals surface area contributed by atoms with Crippen molar-refractivity contribution >= 4 is 38.8 Å². The fourth-order valence-electron chi connectivity index (χ4n) is 3.67. The minimum Gasteiger partial charge on any atom is -0.495 e. The van der Waals surface area contributed by atoms with Gasteiger partial charge in [-0.2, -0.15) is 0 Å². The first-order valence-electron chi connectivity index (χ1n) is 9.18. The highest BCUT2D eigenvalue weighted by atomic mass is 32.1. The number of piperidine rings is 1. The van der Waals surface area contributed by atoms with E-state index in [1.807, 2.05) is 37.4 Å². The molecule has 140 valence electrons. The molecule has 5 nitrogen and oxygen atoms in total. The summed E-state index contributed by atoms with van der Waals surface area (Å²) in [4.78, 5) is 19.8. The second kappa shape index (κ2) is 7.56. The molecular weight excluding hydrogens is 358 g/mol. The first-order chi connectivity index (χ1) is 13.2. The molecule has 1 aromatic carbocycles. The van der Waals surface area contributed by atoms with Gasteiger partial charge in [-0.25, -0.2) is 4.98 Å². The maximum atomic E-state index is 12.9. The van der Waals surface area contributed by atoms with Crippen molar-refractivity contribution in [2.75, 3.05) is 30.4 Å². The lowest BCUT2D eigenvalue weighted by Crippen LogP contribution is -2.41. The zero-order chi connectivity index (χ0) is 18.8. The van der Waals surface area contributed by atoms with Gasteiger partial charge >= 0.3 is 0 Å². The average molecular weight is 382 g/mol. The summed E-state index contributed by atoms with van der Waals surface area (Å²) in [5.41, 5.74) is 1.82. The van der Waals surface area contributed by atoms with E-state index in [0.29, 0.717) is 12.3 Å². The van der Waals surface area contributed by atoms with Gasteiger partial charge in [-0.3, -0.25) is 4.79 Å². The Balaban J connectivity index is 1.52. The molecule has 1 amide bonds. The Bertz CT molecular complexity index is 969. The summed E-state index contributed by atoms with van der Waals surface area (Å²) in [6, 6.07) is 9.97. The van der Waals surface area contributed by atoms with E-state index >= 15 is 0 Å². The van der Waals surface area contributed by atoms with Crippen LogP contribution in [0.4, 0.5) is 11.5 Å². The van der Waals surface area contributed by atoms with Crippen LogP contribution in [0.3, 0.4) is 0 Å². The van der Waals surface area contributed by atoms with Crippen LogP contribution >= 0.6 is 11.3 Å². The molecule has 1 aliphatic rings. The van der Waals surface area contributed by atoms with Gasteiger partial charge in [-0.1, -0.05) is 6.07 Å². The summed E-state index contributed by atoms with van der Waals surface area (Å²) in [5, 5.41) is 6.33. The SMILES string of the molecule is COc1ccc(C)cc1NC(=O)C1CCCN(c2nccc3sccc23)C1. The van der Waals surface area contributed by atoms with Gasteiger partial charge in [-0.15, -0.1) is 11.3 Å². The Hall–Kier alpha value is -2.60. The summed E-state index contributed by atoms with van der Waals surface area (Å²) < 4.78 is 6.62. The molecule has 1 aliphatic heterocycles. The molecule has 3 aromatic rings. The first-order valence-corrected chi connectivity index (χ1v) is 10.1. The maximum Gasteiger partial charge on any atom is 0.229 e. The van der Waals surface area contributed by atoms with Crippen LogP contribution in [0.5, 0.6) is 5.75 Å². The third-order valence-corrected chi connectivity index (χ3v) is 5.95. The molecule has 1 N–H and O–H groups in total. The van der Waals surface area contributed by atoms with E-state index in [-0.39, 0.29) is 11.8 Å². The van der Waals surface area contributed by atoms with Crippen LogP contribution in [0.15, 0.2) is 41.9 Å². The second-order valence-corrected chi connectivity index (χ2v) is 7.89. The quantitative estimate of drug-likeness (QED) is 0.724. The van der Waals surface area contributed by atoms with E-state index in [9.17, 15) is 4.79 Å². The minimum atomic E-state index is -0.0698. The van der Waals surface area contributed by atoms with Crippen molar-refractivity contribution < 1.29 is 9.53 Å². The number of rotatable bonds is 4. The van der Waals surface area contributed by atoms with Gasteiger partial charge in [0.25, 0.3) is 0 Å². The van der Waals surface area contributed by atoms with Gasteiger partial charge in [0.15, 0.2) is 0 Å². The smallest absolute Gasteiger partial charge is 0.229 e. The van der Waals surface area contributed by atoms with Crippen LogP contribution in [0, 0.1) is 12.8 Å². The molecule has 6 heteroatoms. The van der Waals surface area contributed by atoms with Gasteiger partial charge in [0.05, 0.1) is 18.7 Å². The number of amides is 1. The standard InChI is InChI=1S/C21H23N3O2S/c1-14-5-6-18(26-2)17(12-14)23-21(25)15-4-3-10-24(13-15)20-16-8-11-27-19(16)7-9-22-20/h5-9,11-12,15H,3-4,10,13H2,1-2H3,(H,23,25). The van der Waals surface area contributed by atoms with Crippen molar-refractivity contribution in [2.24, 2.45) is 5.92 Å². The number of nitrogens with zero attached hydrogens (tertiary/aromatic N) is 2. The molecule has 27 heavy (non-hydrogen) atoms. The van der Waals surface area contributed by atoms with Crippen LogP contribution in [0.2, 0.25) is 0 Å². The molecule has 0 aliphatic carbocycles. The van der Waals surface area contributed by atoms with Gasteiger partial charge in [-0.05, 0) is 55.0 Å². The Labute approximate surface area is 163 Å². The van der Waals surface area contributed by atoms with Crippen molar-refractivity contribution in [1.82, 2.24) is 4.98 Å². The van der Waals surface area contributed by atoms with Crippen molar-refractivity contribution in [3.8, 4) is 5.75 Å². The van der Waals surface area contributed by atoms with Crippen molar-refractivity contribution in [2.45, 2.75) is 19.8 Å². The molecule has 2 aromatic heterocycles. The van der Waals surface area contributed by atoms with E-state index in [4.69, 9.17) is 4.74 Å². The molecule has 1 fully saturated rings. The zero-order valence-electron chi connectivity index (χ0n) is 15.6. The lowest BCUT2D eigenvalue weighted by atomic mass is 9.96. The molecule has 0 saturated carbocycles. The van der Waals surface area contributed by atoms with Crippen LogP contribution in [0.1, 0.15) is 18.4 Å². The van der Waals surface area contributed by atoms with Crippen molar-refractivity contribution in [3.05, 3.63) is 47.5 Å². The van der Waals surface area contributed by atoms with Crippen LogP contribution in [-0.4, -0.2) is 31.1 Å². The van der Waals surface area contributed by atoms with Crippen LogP contribution in [-0.2, 0) is 4.79 Å². The summed E-state index contributed by atoms with van der Waals surface area (Å²) in [6.45, 7) is 3.62. The molecular formula is C21H23N3O2S. The number of pyridine rings is 1. The second-order valence-electron chi connectivity index (χ2n) is 6.95. The van der Waals surface area contributed by atoms with E-state index in [1.54, 1.807) is 18.4 Å². The first kappa shape index (κ1) is 17.8. The number of carbonyl (C=O) groups excluding carboxylic acids is 1. The van der Waals surface area contributed by atoms with Gasteiger partial charge in [0, 0.05) is 29.4 Å². The number of benzene rings is 1. The number of fused-ring (bicyclic) bond motifs is 1. The number of aromatic nitrogens is 1. The Morgan fingerprint density at radius 2 is 2.22 bits per heavy atom. The monoisotopic (exact) mass is 381 g/mol. The molecule has 3 heterocycles. The number of anilines is 2. The molecule has 1 atom stereocenters. The third-order valence-electron chi connectivity index (χ3n) is 5.06. The number of aryl methyl sites for hydroxylation is 1. The molecule has 0 bridgehead atoms. The normalized spacial score (nSPS) is 17.1. The fraction of sp³-hybridized carbons (Fsp3) is 0.333. The number of methoxy groups -OCH3 is 1. The van der Waals surface area contributed by atoms with Crippen LogP contribution < -0.4 is 15.0 Å². The van der Waals surface area contributed by atoms with Crippen LogP contribution in [0.25, 0.3) is 10.1 Å². The zero-order valence-corrected chi connectivity index (χ0v) is 16.4. The highest BCUT2D eigenvalue weighted by Crippen LogP contribution is 2.32. The van der Waals surface area contributed by atoms with Gasteiger partial charge in [0.2, 0.25) is 5.91 Å². The highest BCUT2D eigenvalue weighted by molar-refractivity contribution is 7.17. The van der Waals surface area contributed by atoms with Gasteiger partial charge < -0.3 is 15.0 Å². The van der Waals surface area contributed by atoms with Crippen molar-refractivity contribution in [1.29, 1.82) is 0 Å². The Kier molecular flexibility index (Phi) is 4.99. The summed E-state index contributed by atoms with van der Waals surface area (Å²) in [6.07, 6.45) is 3.72. The number of nitrogens with one attached hydrogen (secondary N) is 1. The number of hydrogen-bond donors (Lipinski definition) is 1. The third kappa shape index (κ3) is 3.62. The largest absolute Gasteiger partial charge is 0.495 e. The Morgan fingerprint density at radius 3 is 3.07 bits per heavy atom. The Morgan fingerprint density at radius 1 is 1.33 bits per heavy atom. The molecule has 1 saturated heterocycles. The van der Waals surface area contributed by atoms with E-state index in [2.05, 4.69) is 26.6 Å². The van der Waals surface area contributed by atoms with Crippen molar-refractivity contribution in [3.63, 3.8) is 0 Å². The number of thiophene rings is 1. The topological polar surface area (TPSA) is 54.5 Å². The lowest BCUT2D eigenvalue weighted by molar-refractivity contribution is -0.120. The maximum absolute atomic E-state index is 12.9. The number of ether oxygens (including phenoxy) is 1. The fourth-order valence-corrected chi connectivity index (χ4v) is 4.45. The number of hydrogen-bond acceptors (Lipinski definition) is 5. The summed E-state index contributed by atoms with van der Waals surface area (Å²) >= 11 is 1.72. The predicted octanol–water partition coefficient (Wildman–Crippen LogP) is 4.47. The number of carbonyl (C=O) groups is 1.